The van der Waals surface area contributed by atoms with E-state index in [1.807, 2.05) is 30.0 Å². The van der Waals surface area contributed by atoms with Gasteiger partial charge in [0.1, 0.15) is 17.1 Å². The zero-order chi connectivity index (χ0) is 17.9. The van der Waals surface area contributed by atoms with Crippen molar-refractivity contribution in [3.63, 3.8) is 0 Å². The van der Waals surface area contributed by atoms with Crippen LogP contribution < -0.4 is 14.8 Å². The van der Waals surface area contributed by atoms with E-state index in [-0.39, 0.29) is 5.91 Å². The van der Waals surface area contributed by atoms with E-state index >= 15 is 0 Å². The lowest BCUT2D eigenvalue weighted by atomic mass is 9.97. The van der Waals surface area contributed by atoms with E-state index < -0.39 is 5.60 Å². The summed E-state index contributed by atoms with van der Waals surface area (Å²) < 4.78 is 16.3. The number of anilines is 1. The zero-order valence-electron chi connectivity index (χ0n) is 15.3. The number of nitrogens with zero attached hydrogens (tertiary/aromatic N) is 1. The first-order chi connectivity index (χ1) is 12.0. The number of likely N-dealkylation sites (tertiary alicyclic amines) is 1. The Kier molecular flexibility index (Phi) is 5.37. The Bertz CT molecular complexity index is 583. The zero-order valence-corrected chi connectivity index (χ0v) is 15.3. The first kappa shape index (κ1) is 17.9. The van der Waals surface area contributed by atoms with Gasteiger partial charge in [-0.1, -0.05) is 0 Å². The van der Waals surface area contributed by atoms with Gasteiger partial charge >= 0.3 is 0 Å². The van der Waals surface area contributed by atoms with E-state index in [0.717, 1.165) is 56.0 Å². The van der Waals surface area contributed by atoms with Crippen LogP contribution in [-0.2, 0) is 9.53 Å². The highest BCUT2D eigenvalue weighted by atomic mass is 16.5. The largest absolute Gasteiger partial charge is 0.497 e. The van der Waals surface area contributed by atoms with Crippen molar-refractivity contribution in [3.8, 4) is 11.5 Å². The Balaban J connectivity index is 1.57. The first-order valence-electron chi connectivity index (χ1n) is 8.97. The molecule has 0 radical (unpaired) electrons. The highest BCUT2D eigenvalue weighted by molar-refractivity contribution is 5.85. The number of carbonyl (C=O) groups excluding carboxylic acids is 1. The molecule has 3 rings (SSSR count). The van der Waals surface area contributed by atoms with E-state index in [1.165, 1.54) is 0 Å². The monoisotopic (exact) mass is 348 g/mol. The van der Waals surface area contributed by atoms with Crippen LogP contribution in [0.4, 0.5) is 5.69 Å². The van der Waals surface area contributed by atoms with Crippen molar-refractivity contribution in [1.82, 2.24) is 4.90 Å². The van der Waals surface area contributed by atoms with Gasteiger partial charge in [0.25, 0.3) is 5.91 Å². The fourth-order valence-electron chi connectivity index (χ4n) is 3.64. The number of piperidine rings is 1. The van der Waals surface area contributed by atoms with Gasteiger partial charge < -0.3 is 24.4 Å². The van der Waals surface area contributed by atoms with Gasteiger partial charge in [-0.25, -0.2) is 0 Å². The quantitative estimate of drug-likeness (QED) is 0.886. The lowest BCUT2D eigenvalue weighted by molar-refractivity contribution is -0.152. The summed E-state index contributed by atoms with van der Waals surface area (Å²) >= 11 is 0. The van der Waals surface area contributed by atoms with E-state index in [9.17, 15) is 4.79 Å². The summed E-state index contributed by atoms with van der Waals surface area (Å²) in [5.74, 6) is 1.67. The van der Waals surface area contributed by atoms with Crippen LogP contribution in [0.1, 0.15) is 32.6 Å². The summed E-state index contributed by atoms with van der Waals surface area (Å²) in [4.78, 5) is 14.7. The first-order valence-corrected chi connectivity index (χ1v) is 8.97. The van der Waals surface area contributed by atoms with Crippen LogP contribution in [-0.4, -0.2) is 56.4 Å². The fourth-order valence-corrected chi connectivity index (χ4v) is 3.64. The summed E-state index contributed by atoms with van der Waals surface area (Å²) in [6.07, 6.45) is 3.63. The van der Waals surface area contributed by atoms with Crippen molar-refractivity contribution < 1.29 is 19.0 Å². The van der Waals surface area contributed by atoms with Crippen molar-refractivity contribution in [2.75, 3.05) is 39.2 Å². The van der Waals surface area contributed by atoms with E-state index in [0.29, 0.717) is 12.6 Å². The molecule has 2 aliphatic rings. The topological polar surface area (TPSA) is 60.0 Å². The Hall–Kier alpha value is -1.95. The number of nitrogens with one attached hydrogen (secondary N) is 1. The molecule has 2 fully saturated rings. The Labute approximate surface area is 149 Å². The summed E-state index contributed by atoms with van der Waals surface area (Å²) in [5, 5.41) is 3.54. The number of benzene rings is 1. The van der Waals surface area contributed by atoms with Crippen molar-refractivity contribution >= 4 is 11.6 Å². The number of ether oxygens (including phenoxy) is 3. The van der Waals surface area contributed by atoms with Crippen LogP contribution in [0, 0.1) is 0 Å². The van der Waals surface area contributed by atoms with Crippen molar-refractivity contribution in [3.05, 3.63) is 18.2 Å². The Morgan fingerprint density at radius 3 is 2.36 bits per heavy atom. The molecular weight excluding hydrogens is 320 g/mol. The number of carbonyl (C=O) groups is 1. The van der Waals surface area contributed by atoms with Gasteiger partial charge in [0.15, 0.2) is 0 Å². The molecular formula is C19H28N2O4. The van der Waals surface area contributed by atoms with Gasteiger partial charge in [0.05, 0.1) is 14.2 Å². The number of amides is 1. The number of methoxy groups -OCH3 is 2. The van der Waals surface area contributed by atoms with Gasteiger partial charge in [0.2, 0.25) is 0 Å². The smallest absolute Gasteiger partial charge is 0.254 e. The average Bonchev–Trinajstić information content (AvgIpc) is 3.09. The van der Waals surface area contributed by atoms with Crippen LogP contribution in [0.15, 0.2) is 18.2 Å². The lowest BCUT2D eigenvalue weighted by Gasteiger charge is -2.37. The van der Waals surface area contributed by atoms with Gasteiger partial charge in [-0.15, -0.1) is 0 Å². The predicted octanol–water partition coefficient (Wildman–Crippen LogP) is 2.68. The average molecular weight is 348 g/mol. The summed E-state index contributed by atoms with van der Waals surface area (Å²) in [6, 6.07) is 6.12. The molecule has 25 heavy (non-hydrogen) atoms. The predicted molar refractivity (Wildman–Crippen MR) is 96.4 cm³/mol. The van der Waals surface area contributed by atoms with Crippen LogP contribution in [0.3, 0.4) is 0 Å². The van der Waals surface area contributed by atoms with Gasteiger partial charge in [-0.3, -0.25) is 4.79 Å². The van der Waals surface area contributed by atoms with Gasteiger partial charge in [0, 0.05) is 49.6 Å². The molecule has 0 spiro atoms. The molecule has 0 saturated carbocycles. The molecule has 1 amide bonds. The minimum Gasteiger partial charge on any atom is -0.497 e. The SMILES string of the molecule is COc1cc(NC2CCN(C(=O)C3(C)CCCO3)CC2)cc(OC)c1. The van der Waals surface area contributed by atoms with E-state index in [1.54, 1.807) is 14.2 Å². The van der Waals surface area contributed by atoms with Crippen LogP contribution in [0.5, 0.6) is 11.5 Å². The molecule has 1 aromatic rings. The standard InChI is InChI=1S/C19H28N2O4/c1-19(7-4-10-25-19)18(22)21-8-5-14(6-9-21)20-15-11-16(23-2)13-17(12-15)24-3/h11-14,20H,4-10H2,1-3H3. The highest BCUT2D eigenvalue weighted by Crippen LogP contribution is 2.30. The third-order valence-electron chi connectivity index (χ3n) is 5.18. The molecule has 1 N–H and O–H groups in total. The number of hydrogen-bond donors (Lipinski definition) is 1. The lowest BCUT2D eigenvalue weighted by Crippen LogP contribution is -2.51. The maximum atomic E-state index is 12.7. The normalized spacial score (nSPS) is 24.2. The molecule has 6 heteroatoms. The van der Waals surface area contributed by atoms with Gasteiger partial charge in [-0.2, -0.15) is 0 Å². The minimum atomic E-state index is -0.611. The molecule has 0 aliphatic carbocycles. The molecule has 2 aliphatic heterocycles. The molecule has 1 atom stereocenters. The molecule has 6 nitrogen and oxygen atoms in total. The second-order valence-corrected chi connectivity index (χ2v) is 7.00. The molecule has 138 valence electrons. The molecule has 2 saturated heterocycles. The maximum Gasteiger partial charge on any atom is 0.254 e. The summed E-state index contributed by atoms with van der Waals surface area (Å²) in [7, 11) is 3.29. The van der Waals surface area contributed by atoms with Crippen LogP contribution in [0.25, 0.3) is 0 Å². The fraction of sp³-hybridized carbons (Fsp3) is 0.632. The minimum absolute atomic E-state index is 0.145. The van der Waals surface area contributed by atoms with E-state index in [4.69, 9.17) is 14.2 Å². The van der Waals surface area contributed by atoms with Crippen molar-refractivity contribution in [2.24, 2.45) is 0 Å². The molecule has 0 bridgehead atoms. The third-order valence-corrected chi connectivity index (χ3v) is 5.18. The van der Waals surface area contributed by atoms with Crippen LogP contribution >= 0.6 is 0 Å². The molecule has 2 heterocycles. The third kappa shape index (κ3) is 4.00. The molecule has 0 aromatic heterocycles. The summed E-state index contributed by atoms with van der Waals surface area (Å²) in [6.45, 7) is 4.14. The highest BCUT2D eigenvalue weighted by Gasteiger charge is 2.41. The van der Waals surface area contributed by atoms with Crippen molar-refractivity contribution in [1.29, 1.82) is 0 Å². The molecule has 1 aromatic carbocycles. The second kappa shape index (κ2) is 7.52. The van der Waals surface area contributed by atoms with Crippen LogP contribution in [0.2, 0.25) is 0 Å². The van der Waals surface area contributed by atoms with Gasteiger partial charge in [-0.05, 0) is 32.6 Å². The second-order valence-electron chi connectivity index (χ2n) is 7.00. The maximum absolute atomic E-state index is 12.7. The Morgan fingerprint density at radius 2 is 1.84 bits per heavy atom. The molecule has 1 unspecified atom stereocenters. The number of rotatable bonds is 5. The van der Waals surface area contributed by atoms with E-state index in [2.05, 4.69) is 5.32 Å². The Morgan fingerprint density at radius 1 is 1.20 bits per heavy atom. The number of hydrogen-bond acceptors (Lipinski definition) is 5. The van der Waals surface area contributed by atoms with Crippen molar-refractivity contribution in [2.45, 2.75) is 44.2 Å². The summed E-state index contributed by atoms with van der Waals surface area (Å²) in [5.41, 5.74) is 0.368.